The minimum atomic E-state index is 0.920. The van der Waals surface area contributed by atoms with Crippen LogP contribution in [-0.4, -0.2) is 0 Å². The van der Waals surface area contributed by atoms with Gasteiger partial charge in [-0.05, 0) is 35.9 Å². The van der Waals surface area contributed by atoms with Crippen LogP contribution in [-0.2, 0) is 0 Å². The highest BCUT2D eigenvalue weighted by Gasteiger charge is 2.11. The lowest BCUT2D eigenvalue weighted by Crippen LogP contribution is -1.82. The molecule has 1 aromatic heterocycles. The number of benzene rings is 3. The summed E-state index contributed by atoms with van der Waals surface area (Å²) in [4.78, 5) is 0. The second-order valence-corrected chi connectivity index (χ2v) is 6.61. The molecule has 3 aromatic carbocycles. The summed E-state index contributed by atoms with van der Waals surface area (Å²) >= 11 is 7.27. The highest BCUT2D eigenvalue weighted by molar-refractivity contribution is 9.11. The van der Waals surface area contributed by atoms with Crippen molar-refractivity contribution in [1.82, 2.24) is 0 Å². The zero-order valence-electron chi connectivity index (χ0n) is 10.9. The zero-order chi connectivity index (χ0) is 14.4. The van der Waals surface area contributed by atoms with Gasteiger partial charge < -0.3 is 4.42 Å². The number of furan rings is 1. The van der Waals surface area contributed by atoms with Crippen molar-refractivity contribution in [2.45, 2.75) is 0 Å². The largest absolute Gasteiger partial charge is 0.456 e. The first kappa shape index (κ1) is 13.1. The van der Waals surface area contributed by atoms with Crippen molar-refractivity contribution in [2.24, 2.45) is 0 Å². The molecule has 0 spiro atoms. The van der Waals surface area contributed by atoms with Crippen molar-refractivity contribution < 1.29 is 4.42 Å². The summed E-state index contributed by atoms with van der Waals surface area (Å²) in [5.41, 5.74) is 4.16. The van der Waals surface area contributed by atoms with E-state index in [9.17, 15) is 0 Å². The van der Waals surface area contributed by atoms with Crippen LogP contribution in [0.15, 0.2) is 74.0 Å². The van der Waals surface area contributed by atoms with Crippen molar-refractivity contribution in [3.8, 4) is 11.1 Å². The van der Waals surface area contributed by atoms with E-state index in [1.807, 2.05) is 30.3 Å². The third-order valence-corrected chi connectivity index (χ3v) is 4.95. The van der Waals surface area contributed by atoms with E-state index in [-0.39, 0.29) is 0 Å². The highest BCUT2D eigenvalue weighted by Crippen LogP contribution is 2.38. The summed E-state index contributed by atoms with van der Waals surface area (Å²) in [5.74, 6) is 0. The lowest BCUT2D eigenvalue weighted by atomic mass is 10.0. The van der Waals surface area contributed by atoms with Gasteiger partial charge in [0.25, 0.3) is 0 Å². The van der Waals surface area contributed by atoms with E-state index in [0.717, 1.165) is 42.0 Å². The van der Waals surface area contributed by atoms with Crippen molar-refractivity contribution in [1.29, 1.82) is 0 Å². The Kier molecular flexibility index (Phi) is 3.12. The quantitative estimate of drug-likeness (QED) is 0.342. The molecule has 0 aliphatic carbocycles. The molecule has 0 N–H and O–H groups in total. The van der Waals surface area contributed by atoms with Gasteiger partial charge in [-0.2, -0.15) is 0 Å². The molecule has 0 aliphatic rings. The minimum Gasteiger partial charge on any atom is -0.456 e. The van der Waals surface area contributed by atoms with Gasteiger partial charge in [0.05, 0.1) is 0 Å². The number of hydrogen-bond donors (Lipinski definition) is 0. The Hall–Kier alpha value is -1.58. The van der Waals surface area contributed by atoms with Gasteiger partial charge in [-0.15, -0.1) is 0 Å². The van der Waals surface area contributed by atoms with Gasteiger partial charge in [-0.25, -0.2) is 0 Å². The average Bonchev–Trinajstić information content (AvgIpc) is 2.85. The molecule has 0 radical (unpaired) electrons. The van der Waals surface area contributed by atoms with Crippen LogP contribution in [0.4, 0.5) is 0 Å². The third kappa shape index (κ3) is 2.12. The van der Waals surface area contributed by atoms with Crippen LogP contribution in [0.2, 0.25) is 0 Å². The Morgan fingerprint density at radius 1 is 0.667 bits per heavy atom. The maximum Gasteiger partial charge on any atom is 0.135 e. The minimum absolute atomic E-state index is 0.920. The predicted octanol–water partition coefficient (Wildman–Crippen LogP) is 6.78. The molecule has 3 heteroatoms. The van der Waals surface area contributed by atoms with Crippen LogP contribution >= 0.6 is 31.9 Å². The van der Waals surface area contributed by atoms with E-state index >= 15 is 0 Å². The van der Waals surface area contributed by atoms with Gasteiger partial charge >= 0.3 is 0 Å². The van der Waals surface area contributed by atoms with Crippen LogP contribution in [0.3, 0.4) is 0 Å². The fourth-order valence-corrected chi connectivity index (χ4v) is 4.11. The zero-order valence-corrected chi connectivity index (χ0v) is 14.1. The first-order chi connectivity index (χ1) is 10.2. The van der Waals surface area contributed by atoms with Crippen molar-refractivity contribution in [3.63, 3.8) is 0 Å². The summed E-state index contributed by atoms with van der Waals surface area (Å²) in [6, 6.07) is 20.6. The third-order valence-electron chi connectivity index (χ3n) is 3.63. The molecule has 0 atom stereocenters. The Balaban J connectivity index is 2.05. The molecule has 0 saturated heterocycles. The topological polar surface area (TPSA) is 13.1 Å². The average molecular weight is 402 g/mol. The van der Waals surface area contributed by atoms with Crippen molar-refractivity contribution >= 4 is 53.8 Å². The van der Waals surface area contributed by atoms with Crippen LogP contribution in [0, 0.1) is 0 Å². The van der Waals surface area contributed by atoms with Crippen LogP contribution in [0.1, 0.15) is 0 Å². The monoisotopic (exact) mass is 400 g/mol. The second kappa shape index (κ2) is 5.00. The molecule has 1 heterocycles. The molecule has 0 aliphatic heterocycles. The predicted molar refractivity (Wildman–Crippen MR) is 94.6 cm³/mol. The molecule has 1 nitrogen and oxygen atoms in total. The number of hydrogen-bond acceptors (Lipinski definition) is 1. The molecule has 21 heavy (non-hydrogen) atoms. The number of para-hydroxylation sites is 1. The first-order valence-electron chi connectivity index (χ1n) is 6.60. The van der Waals surface area contributed by atoms with E-state index in [4.69, 9.17) is 4.42 Å². The SMILES string of the molecule is Brc1cccc(Br)c1-c1ccc2oc3ccccc3c2c1. The van der Waals surface area contributed by atoms with Gasteiger partial charge in [0.2, 0.25) is 0 Å². The Morgan fingerprint density at radius 3 is 2.19 bits per heavy atom. The van der Waals surface area contributed by atoms with Gasteiger partial charge in [0, 0.05) is 25.3 Å². The second-order valence-electron chi connectivity index (χ2n) is 4.91. The van der Waals surface area contributed by atoms with E-state index < -0.39 is 0 Å². The number of fused-ring (bicyclic) bond motifs is 3. The van der Waals surface area contributed by atoms with Gasteiger partial charge in [-0.1, -0.05) is 62.2 Å². The molecule has 4 aromatic rings. The molecule has 0 saturated carbocycles. The number of rotatable bonds is 1. The fourth-order valence-electron chi connectivity index (χ4n) is 2.66. The van der Waals surface area contributed by atoms with Gasteiger partial charge in [0.1, 0.15) is 11.2 Å². The maximum atomic E-state index is 5.88. The lowest BCUT2D eigenvalue weighted by molar-refractivity contribution is 0.669. The molecule has 0 bridgehead atoms. The van der Waals surface area contributed by atoms with Crippen LogP contribution < -0.4 is 0 Å². The van der Waals surface area contributed by atoms with Crippen LogP contribution in [0.25, 0.3) is 33.1 Å². The molecular weight excluding hydrogens is 392 g/mol. The number of halogens is 2. The Bertz CT molecular complexity index is 949. The van der Waals surface area contributed by atoms with Gasteiger partial charge in [0.15, 0.2) is 0 Å². The van der Waals surface area contributed by atoms with Gasteiger partial charge in [-0.3, -0.25) is 0 Å². The Labute approximate surface area is 138 Å². The summed E-state index contributed by atoms with van der Waals surface area (Å²) in [5, 5.41) is 2.29. The maximum absolute atomic E-state index is 5.88. The van der Waals surface area contributed by atoms with E-state index in [0.29, 0.717) is 0 Å². The molecule has 0 fully saturated rings. The Morgan fingerprint density at radius 2 is 1.38 bits per heavy atom. The summed E-state index contributed by atoms with van der Waals surface area (Å²) in [6.07, 6.45) is 0. The van der Waals surface area contributed by atoms with Crippen molar-refractivity contribution in [2.75, 3.05) is 0 Å². The summed E-state index contributed by atoms with van der Waals surface area (Å²) in [7, 11) is 0. The normalized spacial score (nSPS) is 11.3. The lowest BCUT2D eigenvalue weighted by Gasteiger charge is -2.07. The summed E-state index contributed by atoms with van der Waals surface area (Å²) < 4.78 is 8.03. The van der Waals surface area contributed by atoms with Crippen molar-refractivity contribution in [3.05, 3.63) is 69.6 Å². The standard InChI is InChI=1S/C18H10Br2O/c19-14-5-3-6-15(20)18(14)11-8-9-17-13(10-11)12-4-1-2-7-16(12)21-17/h1-10H. The summed E-state index contributed by atoms with van der Waals surface area (Å²) in [6.45, 7) is 0. The first-order valence-corrected chi connectivity index (χ1v) is 8.18. The van der Waals surface area contributed by atoms with E-state index in [1.165, 1.54) is 0 Å². The van der Waals surface area contributed by atoms with Crippen LogP contribution in [0.5, 0.6) is 0 Å². The smallest absolute Gasteiger partial charge is 0.135 e. The molecule has 102 valence electrons. The molecule has 4 rings (SSSR count). The molecule has 0 amide bonds. The highest BCUT2D eigenvalue weighted by atomic mass is 79.9. The molecule has 0 unspecified atom stereocenters. The fraction of sp³-hybridized carbons (Fsp3) is 0. The molecular formula is C18H10Br2O. The van der Waals surface area contributed by atoms with E-state index in [1.54, 1.807) is 0 Å². The van der Waals surface area contributed by atoms with E-state index in [2.05, 4.69) is 62.2 Å².